The Balaban J connectivity index is 1.64. The second kappa shape index (κ2) is 11.1. The molecule has 44 heavy (non-hydrogen) atoms. The van der Waals surface area contributed by atoms with Crippen molar-refractivity contribution in [3.05, 3.63) is 89.0 Å². The normalized spacial score (nSPS) is 16.1. The molecule has 1 heterocycles. The smallest absolute Gasteiger partial charge is 0.419 e. The average Bonchev–Trinajstić information content (AvgIpc) is 3.08. The standard InChI is InChI=1S/C29H26F5N5O5/c1-27(2)23(40)39(19-10-11-21(31)20(13-19)29(32,33)34)26(44)38(27)14-15-4-7-17(30)12-22(15)36-18-8-5-16(6-9-18)28(3,24(41)42)37-25(35)43/h4-13,36H,14H2,1-3H3,(H,41,42)(H3,35,37,43). The summed E-state index contributed by atoms with van der Waals surface area (Å²) < 4.78 is 68.2. The van der Waals surface area contributed by atoms with Gasteiger partial charge in [0.05, 0.1) is 17.8 Å². The number of hydrogen-bond acceptors (Lipinski definition) is 5. The number of rotatable bonds is 8. The Hall–Kier alpha value is -5.21. The molecule has 5 N–H and O–H groups in total. The number of amides is 5. The number of nitrogens with two attached hydrogens (primary N) is 1. The highest BCUT2D eigenvalue weighted by Gasteiger charge is 2.52. The van der Waals surface area contributed by atoms with Crippen LogP contribution in [0.1, 0.15) is 37.5 Å². The maximum absolute atomic E-state index is 14.3. The number of hydrogen-bond donors (Lipinski definition) is 4. The summed E-state index contributed by atoms with van der Waals surface area (Å²) in [6.45, 7) is 3.72. The molecule has 1 unspecified atom stereocenters. The Kier molecular flexibility index (Phi) is 8.02. The summed E-state index contributed by atoms with van der Waals surface area (Å²) >= 11 is 0. The number of halogens is 5. The first-order valence-electron chi connectivity index (χ1n) is 12.9. The Labute approximate surface area is 247 Å². The molecule has 15 heteroatoms. The van der Waals surface area contributed by atoms with Crippen LogP contribution in [0.3, 0.4) is 0 Å². The summed E-state index contributed by atoms with van der Waals surface area (Å²) in [6, 6.07) is 9.03. The molecule has 5 amide bonds. The molecule has 1 atom stereocenters. The predicted molar refractivity (Wildman–Crippen MR) is 148 cm³/mol. The van der Waals surface area contributed by atoms with Crippen LogP contribution in [0.2, 0.25) is 0 Å². The van der Waals surface area contributed by atoms with Gasteiger partial charge in [-0.15, -0.1) is 0 Å². The first kappa shape index (κ1) is 31.7. The minimum absolute atomic E-state index is 0.157. The molecule has 10 nitrogen and oxygen atoms in total. The van der Waals surface area contributed by atoms with Crippen LogP contribution < -0.4 is 21.3 Å². The maximum atomic E-state index is 14.3. The van der Waals surface area contributed by atoms with Gasteiger partial charge in [-0.3, -0.25) is 4.79 Å². The topological polar surface area (TPSA) is 145 Å². The summed E-state index contributed by atoms with van der Waals surface area (Å²) in [5.41, 5.74) is 0.587. The third-order valence-corrected chi connectivity index (χ3v) is 7.28. The van der Waals surface area contributed by atoms with E-state index in [1.54, 1.807) is 0 Å². The lowest BCUT2D eigenvalue weighted by Gasteiger charge is -2.29. The molecule has 0 saturated carbocycles. The molecule has 0 aliphatic carbocycles. The van der Waals surface area contributed by atoms with Crippen molar-refractivity contribution < 1.29 is 46.2 Å². The van der Waals surface area contributed by atoms with Crippen molar-refractivity contribution in [2.75, 3.05) is 10.2 Å². The Bertz CT molecular complexity index is 1660. The second-order valence-corrected chi connectivity index (χ2v) is 10.7. The van der Waals surface area contributed by atoms with Gasteiger partial charge in [-0.1, -0.05) is 18.2 Å². The summed E-state index contributed by atoms with van der Waals surface area (Å²) in [5, 5.41) is 14.8. The van der Waals surface area contributed by atoms with Crippen LogP contribution in [0.25, 0.3) is 0 Å². The number of nitrogens with zero attached hydrogens (tertiary/aromatic N) is 2. The number of benzene rings is 3. The van der Waals surface area contributed by atoms with Gasteiger partial charge in [-0.2, -0.15) is 13.2 Å². The number of primary amides is 1. The van der Waals surface area contributed by atoms with E-state index in [1.165, 1.54) is 51.1 Å². The number of carbonyl (C=O) groups excluding carboxylic acids is 3. The van der Waals surface area contributed by atoms with Crippen molar-refractivity contribution in [3.63, 3.8) is 0 Å². The van der Waals surface area contributed by atoms with Crippen molar-refractivity contribution in [1.29, 1.82) is 0 Å². The molecule has 1 aliphatic rings. The van der Waals surface area contributed by atoms with E-state index in [0.717, 1.165) is 23.1 Å². The predicted octanol–water partition coefficient (Wildman–Crippen LogP) is 5.44. The fourth-order valence-electron chi connectivity index (χ4n) is 4.71. The van der Waals surface area contributed by atoms with E-state index in [4.69, 9.17) is 5.73 Å². The van der Waals surface area contributed by atoms with Crippen LogP contribution in [-0.2, 0) is 27.8 Å². The number of carboxylic acids is 1. The van der Waals surface area contributed by atoms with E-state index >= 15 is 0 Å². The molecular formula is C29H26F5N5O5. The molecule has 4 rings (SSSR count). The van der Waals surface area contributed by atoms with Crippen LogP contribution in [0.4, 0.5) is 48.6 Å². The van der Waals surface area contributed by atoms with Gasteiger partial charge in [0.2, 0.25) is 0 Å². The summed E-state index contributed by atoms with van der Waals surface area (Å²) in [6.07, 6.45) is -5.07. The van der Waals surface area contributed by atoms with Crippen molar-refractivity contribution in [1.82, 2.24) is 10.2 Å². The third kappa shape index (κ3) is 5.85. The number of imide groups is 1. The molecule has 0 radical (unpaired) electrons. The molecule has 0 bridgehead atoms. The van der Waals surface area contributed by atoms with E-state index in [-0.39, 0.29) is 17.8 Å². The van der Waals surface area contributed by atoms with Gasteiger partial charge in [-0.25, -0.2) is 28.1 Å². The number of anilines is 3. The van der Waals surface area contributed by atoms with Crippen molar-refractivity contribution in [2.24, 2.45) is 5.73 Å². The highest BCUT2D eigenvalue weighted by molar-refractivity contribution is 6.23. The zero-order chi connectivity index (χ0) is 32.8. The first-order chi connectivity index (χ1) is 20.4. The van der Waals surface area contributed by atoms with E-state index in [0.29, 0.717) is 28.3 Å². The average molecular weight is 620 g/mol. The molecule has 232 valence electrons. The molecule has 3 aromatic rings. The van der Waals surface area contributed by atoms with Gasteiger partial charge >= 0.3 is 24.2 Å². The molecule has 3 aromatic carbocycles. The Morgan fingerprint density at radius 3 is 2.18 bits per heavy atom. The van der Waals surface area contributed by atoms with Crippen LogP contribution in [-0.4, -0.2) is 39.5 Å². The SMILES string of the molecule is CC(NC(N)=O)(C(=O)O)c1ccc(Nc2cc(F)ccc2CN2C(=O)N(c3ccc(F)c(C(F)(F)F)c3)C(=O)C2(C)C)cc1. The van der Waals surface area contributed by atoms with Crippen LogP contribution in [0, 0.1) is 11.6 Å². The van der Waals surface area contributed by atoms with Crippen LogP contribution in [0.5, 0.6) is 0 Å². The van der Waals surface area contributed by atoms with Gasteiger partial charge in [0.15, 0.2) is 5.54 Å². The van der Waals surface area contributed by atoms with Crippen molar-refractivity contribution in [2.45, 2.75) is 44.6 Å². The number of carboxylic acid groups (broad SMARTS) is 1. The molecule has 1 fully saturated rings. The van der Waals surface area contributed by atoms with Crippen molar-refractivity contribution in [3.8, 4) is 0 Å². The lowest BCUT2D eigenvalue weighted by Crippen LogP contribution is -2.51. The second-order valence-electron chi connectivity index (χ2n) is 10.7. The van der Waals surface area contributed by atoms with E-state index in [2.05, 4.69) is 10.6 Å². The van der Waals surface area contributed by atoms with Gasteiger partial charge < -0.3 is 26.4 Å². The van der Waals surface area contributed by atoms with Crippen LogP contribution >= 0.6 is 0 Å². The summed E-state index contributed by atoms with van der Waals surface area (Å²) in [7, 11) is 0. The Morgan fingerprint density at radius 2 is 1.61 bits per heavy atom. The van der Waals surface area contributed by atoms with Crippen LogP contribution in [0.15, 0.2) is 60.7 Å². The minimum atomic E-state index is -5.07. The fourth-order valence-corrected chi connectivity index (χ4v) is 4.71. The number of alkyl halides is 3. The zero-order valence-electron chi connectivity index (χ0n) is 23.4. The van der Waals surface area contributed by atoms with Crippen molar-refractivity contribution >= 4 is 41.0 Å². The van der Waals surface area contributed by atoms with Gasteiger partial charge in [0, 0.05) is 11.4 Å². The number of carbonyl (C=O) groups is 4. The number of nitrogens with one attached hydrogen (secondary N) is 2. The van der Waals surface area contributed by atoms with Gasteiger partial charge in [-0.05, 0) is 74.4 Å². The number of urea groups is 2. The summed E-state index contributed by atoms with van der Waals surface area (Å²) in [4.78, 5) is 51.5. The van der Waals surface area contributed by atoms with E-state index in [1.807, 2.05) is 0 Å². The lowest BCUT2D eigenvalue weighted by atomic mass is 9.92. The molecular weight excluding hydrogens is 593 g/mol. The maximum Gasteiger partial charge on any atom is 0.419 e. The monoisotopic (exact) mass is 619 g/mol. The highest BCUT2D eigenvalue weighted by atomic mass is 19.4. The minimum Gasteiger partial charge on any atom is -0.479 e. The highest BCUT2D eigenvalue weighted by Crippen LogP contribution is 2.38. The molecule has 0 spiro atoms. The lowest BCUT2D eigenvalue weighted by molar-refractivity contribution is -0.144. The van der Waals surface area contributed by atoms with Gasteiger partial charge in [0.25, 0.3) is 5.91 Å². The van der Waals surface area contributed by atoms with Gasteiger partial charge in [0.1, 0.15) is 17.2 Å². The summed E-state index contributed by atoms with van der Waals surface area (Å²) in [5.74, 6) is -4.46. The molecule has 0 aromatic heterocycles. The largest absolute Gasteiger partial charge is 0.479 e. The molecule has 1 saturated heterocycles. The fraction of sp³-hybridized carbons (Fsp3) is 0.241. The first-order valence-corrected chi connectivity index (χ1v) is 12.9. The quantitative estimate of drug-likeness (QED) is 0.195. The third-order valence-electron chi connectivity index (χ3n) is 7.28. The Morgan fingerprint density at radius 1 is 0.977 bits per heavy atom. The van der Waals surface area contributed by atoms with E-state index < -0.39 is 64.1 Å². The number of aliphatic carboxylic acids is 1. The van der Waals surface area contributed by atoms with E-state index in [9.17, 15) is 46.2 Å². The zero-order valence-corrected chi connectivity index (χ0v) is 23.4. The molecule has 1 aliphatic heterocycles.